The number of para-hydroxylation sites is 1. The zero-order valence-electron chi connectivity index (χ0n) is 15.2. The molecule has 0 aliphatic carbocycles. The predicted molar refractivity (Wildman–Crippen MR) is 103 cm³/mol. The Kier molecular flexibility index (Phi) is 4.94. The number of pyridine rings is 1. The van der Waals surface area contributed by atoms with E-state index in [1.807, 2.05) is 25.1 Å². The molecular weight excluding hydrogens is 348 g/mol. The molecule has 0 unspecified atom stereocenters. The molecule has 6 heteroatoms. The standard InChI is InChI=1S/C20H23ClN4O/c1-14-11-16(23-26-14)12-24-7-9-25(10-8-24)13-19-20(21)15(2)17-5-3-4-6-18(17)22-19/h3-6,11H,7-10,12-13H2,1-2H3. The number of benzene rings is 1. The van der Waals surface area contributed by atoms with Crippen LogP contribution in [-0.2, 0) is 13.1 Å². The lowest BCUT2D eigenvalue weighted by Gasteiger charge is -2.34. The van der Waals surface area contributed by atoms with Crippen molar-refractivity contribution in [2.75, 3.05) is 26.2 Å². The minimum atomic E-state index is 0.793. The Hall–Kier alpha value is -1.95. The number of aromatic nitrogens is 2. The highest BCUT2D eigenvalue weighted by atomic mass is 35.5. The molecule has 1 aromatic carbocycles. The van der Waals surface area contributed by atoms with E-state index in [1.54, 1.807) is 0 Å². The molecule has 1 saturated heterocycles. The fourth-order valence-corrected chi connectivity index (χ4v) is 3.76. The van der Waals surface area contributed by atoms with Crippen LogP contribution in [0.2, 0.25) is 5.02 Å². The number of aryl methyl sites for hydroxylation is 2. The second-order valence-electron chi connectivity index (χ2n) is 7.00. The molecule has 0 spiro atoms. The smallest absolute Gasteiger partial charge is 0.133 e. The Balaban J connectivity index is 1.41. The molecule has 26 heavy (non-hydrogen) atoms. The van der Waals surface area contributed by atoms with Gasteiger partial charge < -0.3 is 4.52 Å². The molecule has 3 aromatic rings. The first kappa shape index (κ1) is 17.5. The highest BCUT2D eigenvalue weighted by molar-refractivity contribution is 6.32. The Morgan fingerprint density at radius 3 is 2.42 bits per heavy atom. The lowest BCUT2D eigenvalue weighted by atomic mass is 10.1. The highest BCUT2D eigenvalue weighted by Crippen LogP contribution is 2.27. The summed E-state index contributed by atoms with van der Waals surface area (Å²) in [6.45, 7) is 9.67. The number of rotatable bonds is 4. The van der Waals surface area contributed by atoms with Gasteiger partial charge in [-0.05, 0) is 25.5 Å². The van der Waals surface area contributed by atoms with Gasteiger partial charge in [0.15, 0.2) is 0 Å². The molecule has 1 aliphatic heterocycles. The van der Waals surface area contributed by atoms with Gasteiger partial charge in [-0.2, -0.15) is 0 Å². The summed E-state index contributed by atoms with van der Waals surface area (Å²) in [7, 11) is 0. The predicted octanol–water partition coefficient (Wildman–Crippen LogP) is 3.81. The van der Waals surface area contributed by atoms with Gasteiger partial charge in [-0.15, -0.1) is 0 Å². The van der Waals surface area contributed by atoms with Gasteiger partial charge in [-0.1, -0.05) is 35.0 Å². The fourth-order valence-electron chi connectivity index (χ4n) is 3.56. The quantitative estimate of drug-likeness (QED) is 0.698. The summed E-state index contributed by atoms with van der Waals surface area (Å²) >= 11 is 6.61. The van der Waals surface area contributed by atoms with E-state index in [-0.39, 0.29) is 0 Å². The third-order valence-electron chi connectivity index (χ3n) is 5.05. The van der Waals surface area contributed by atoms with Gasteiger partial charge in [0, 0.05) is 50.7 Å². The van der Waals surface area contributed by atoms with Crippen LogP contribution < -0.4 is 0 Å². The van der Waals surface area contributed by atoms with Gasteiger partial charge >= 0.3 is 0 Å². The number of nitrogens with zero attached hydrogens (tertiary/aromatic N) is 4. The molecule has 0 atom stereocenters. The van der Waals surface area contributed by atoms with Crippen molar-refractivity contribution in [1.82, 2.24) is 19.9 Å². The first-order valence-electron chi connectivity index (χ1n) is 9.01. The monoisotopic (exact) mass is 370 g/mol. The van der Waals surface area contributed by atoms with Crippen molar-refractivity contribution in [3.8, 4) is 0 Å². The van der Waals surface area contributed by atoms with Crippen molar-refractivity contribution in [2.24, 2.45) is 0 Å². The largest absolute Gasteiger partial charge is 0.361 e. The molecular formula is C20H23ClN4O. The van der Waals surface area contributed by atoms with Gasteiger partial charge in [-0.3, -0.25) is 9.80 Å². The number of fused-ring (bicyclic) bond motifs is 1. The van der Waals surface area contributed by atoms with Crippen LogP contribution in [0, 0.1) is 13.8 Å². The highest BCUT2D eigenvalue weighted by Gasteiger charge is 2.20. The number of hydrogen-bond donors (Lipinski definition) is 0. The van der Waals surface area contributed by atoms with E-state index < -0.39 is 0 Å². The Bertz CT molecular complexity index is 915. The fraction of sp³-hybridized carbons (Fsp3) is 0.400. The molecule has 5 nitrogen and oxygen atoms in total. The van der Waals surface area contributed by atoms with Gasteiger partial charge in [0.1, 0.15) is 5.76 Å². The zero-order chi connectivity index (χ0) is 18.1. The summed E-state index contributed by atoms with van der Waals surface area (Å²) < 4.78 is 5.16. The molecule has 136 valence electrons. The normalized spacial score (nSPS) is 16.4. The summed E-state index contributed by atoms with van der Waals surface area (Å²) in [5.74, 6) is 0.867. The summed E-state index contributed by atoms with van der Waals surface area (Å²) in [5.41, 5.74) is 4.12. The second-order valence-corrected chi connectivity index (χ2v) is 7.37. The topological polar surface area (TPSA) is 45.4 Å². The zero-order valence-corrected chi connectivity index (χ0v) is 16.0. The Labute approximate surface area is 158 Å². The van der Waals surface area contributed by atoms with E-state index in [0.717, 1.165) is 77.9 Å². The maximum atomic E-state index is 6.61. The van der Waals surface area contributed by atoms with Crippen LogP contribution in [0.4, 0.5) is 0 Å². The van der Waals surface area contributed by atoms with Crippen LogP contribution in [0.5, 0.6) is 0 Å². The van der Waals surface area contributed by atoms with Crippen molar-refractivity contribution in [3.05, 3.63) is 58.1 Å². The van der Waals surface area contributed by atoms with Crippen molar-refractivity contribution < 1.29 is 4.52 Å². The number of hydrogen-bond acceptors (Lipinski definition) is 5. The molecule has 0 amide bonds. The molecule has 1 fully saturated rings. The first-order valence-corrected chi connectivity index (χ1v) is 9.38. The van der Waals surface area contributed by atoms with E-state index >= 15 is 0 Å². The van der Waals surface area contributed by atoms with Crippen molar-refractivity contribution in [3.63, 3.8) is 0 Å². The molecule has 0 N–H and O–H groups in total. The summed E-state index contributed by atoms with van der Waals surface area (Å²) in [6.07, 6.45) is 0. The van der Waals surface area contributed by atoms with Crippen molar-refractivity contribution in [1.29, 1.82) is 0 Å². The van der Waals surface area contributed by atoms with E-state index in [4.69, 9.17) is 21.1 Å². The van der Waals surface area contributed by atoms with Crippen LogP contribution in [0.15, 0.2) is 34.9 Å². The molecule has 0 radical (unpaired) electrons. The van der Waals surface area contributed by atoms with Crippen molar-refractivity contribution >= 4 is 22.5 Å². The van der Waals surface area contributed by atoms with E-state index in [2.05, 4.69) is 34.0 Å². The van der Waals surface area contributed by atoms with Crippen LogP contribution in [0.1, 0.15) is 22.7 Å². The maximum Gasteiger partial charge on any atom is 0.133 e. The SMILES string of the molecule is Cc1cc(CN2CCN(Cc3nc4ccccc4c(C)c3Cl)CC2)no1. The molecule has 1 aliphatic rings. The molecule has 0 bridgehead atoms. The molecule has 0 saturated carbocycles. The number of piperazine rings is 1. The van der Waals surface area contributed by atoms with Crippen LogP contribution in [0.25, 0.3) is 10.9 Å². The molecule has 4 rings (SSSR count). The van der Waals surface area contributed by atoms with Gasteiger partial charge in [-0.25, -0.2) is 4.98 Å². The summed E-state index contributed by atoms with van der Waals surface area (Å²) in [5, 5.41) is 6.02. The van der Waals surface area contributed by atoms with Gasteiger partial charge in [0.05, 0.1) is 21.9 Å². The summed E-state index contributed by atoms with van der Waals surface area (Å²) in [6, 6.07) is 10.2. The molecule has 2 aromatic heterocycles. The lowest BCUT2D eigenvalue weighted by Crippen LogP contribution is -2.45. The lowest BCUT2D eigenvalue weighted by molar-refractivity contribution is 0.119. The van der Waals surface area contributed by atoms with Crippen LogP contribution in [-0.4, -0.2) is 46.1 Å². The van der Waals surface area contributed by atoms with Gasteiger partial charge in [0.25, 0.3) is 0 Å². The number of halogens is 1. The minimum absolute atomic E-state index is 0.793. The first-order chi connectivity index (χ1) is 12.6. The Morgan fingerprint density at radius 1 is 1.04 bits per heavy atom. The maximum absolute atomic E-state index is 6.61. The van der Waals surface area contributed by atoms with E-state index in [0.29, 0.717) is 0 Å². The van der Waals surface area contributed by atoms with Crippen LogP contribution in [0.3, 0.4) is 0 Å². The average Bonchev–Trinajstić information content (AvgIpc) is 3.06. The van der Waals surface area contributed by atoms with E-state index in [1.165, 1.54) is 0 Å². The Morgan fingerprint density at radius 2 is 1.73 bits per heavy atom. The van der Waals surface area contributed by atoms with E-state index in [9.17, 15) is 0 Å². The van der Waals surface area contributed by atoms with Crippen LogP contribution >= 0.6 is 11.6 Å². The third-order valence-corrected chi connectivity index (χ3v) is 5.55. The van der Waals surface area contributed by atoms with Crippen molar-refractivity contribution in [2.45, 2.75) is 26.9 Å². The second kappa shape index (κ2) is 7.35. The average molecular weight is 371 g/mol. The third kappa shape index (κ3) is 3.61. The van der Waals surface area contributed by atoms with Gasteiger partial charge in [0.2, 0.25) is 0 Å². The summed E-state index contributed by atoms with van der Waals surface area (Å²) in [4.78, 5) is 9.64. The molecule has 3 heterocycles. The minimum Gasteiger partial charge on any atom is -0.361 e.